The Hall–Kier alpha value is -4.12. The van der Waals surface area contributed by atoms with Crippen LogP contribution in [0.4, 0.5) is 0 Å². The number of aromatic amines is 2. The topological polar surface area (TPSA) is 77.6 Å². The number of aromatic hydroxyl groups is 1. The molecule has 31 heavy (non-hydrogen) atoms. The molecule has 5 nitrogen and oxygen atoms in total. The van der Waals surface area contributed by atoms with Crippen molar-refractivity contribution in [3.63, 3.8) is 0 Å². The van der Waals surface area contributed by atoms with Crippen molar-refractivity contribution in [2.24, 2.45) is 0 Å². The Labute approximate surface area is 178 Å². The minimum atomic E-state index is 0.254. The molecule has 1 aromatic carbocycles. The number of aromatic nitrogens is 4. The van der Waals surface area contributed by atoms with Gasteiger partial charge in [-0.2, -0.15) is 0 Å². The van der Waals surface area contributed by atoms with Gasteiger partial charge in [-0.25, -0.2) is 4.98 Å². The molecule has 2 aliphatic rings. The smallest absolute Gasteiger partial charge is 0.123 e. The number of aryl methyl sites for hydroxylation is 2. The Morgan fingerprint density at radius 1 is 0.645 bits per heavy atom. The van der Waals surface area contributed by atoms with Crippen LogP contribution in [0.25, 0.3) is 45.3 Å². The van der Waals surface area contributed by atoms with Gasteiger partial charge in [0.05, 0.1) is 11.4 Å². The molecule has 3 aromatic heterocycles. The molecule has 150 valence electrons. The lowest BCUT2D eigenvalue weighted by molar-refractivity contribution is 0.477. The van der Waals surface area contributed by atoms with Gasteiger partial charge in [-0.15, -0.1) is 0 Å². The number of benzene rings is 1. The van der Waals surface area contributed by atoms with Gasteiger partial charge in [0.25, 0.3) is 0 Å². The van der Waals surface area contributed by atoms with Crippen molar-refractivity contribution in [2.75, 3.05) is 0 Å². The van der Waals surface area contributed by atoms with E-state index in [1.807, 2.05) is 42.5 Å². The zero-order valence-electron chi connectivity index (χ0n) is 16.8. The summed E-state index contributed by atoms with van der Waals surface area (Å²) in [6.45, 7) is 0. The number of hydrogen-bond acceptors (Lipinski definition) is 3. The Kier molecular flexibility index (Phi) is 3.99. The molecular formula is C26H20N4O. The molecule has 0 saturated heterocycles. The van der Waals surface area contributed by atoms with Crippen LogP contribution in [0.3, 0.4) is 0 Å². The van der Waals surface area contributed by atoms with E-state index < -0.39 is 0 Å². The van der Waals surface area contributed by atoms with E-state index in [0.717, 1.165) is 68.8 Å². The van der Waals surface area contributed by atoms with Crippen molar-refractivity contribution in [1.29, 1.82) is 0 Å². The van der Waals surface area contributed by atoms with Crippen molar-refractivity contribution in [1.82, 2.24) is 19.9 Å². The number of para-hydroxylation sites is 1. The predicted octanol–water partition coefficient (Wildman–Crippen LogP) is 5.64. The standard InChI is InChI=1S/C26H20N4O/c31-26-4-2-1-3-23(26)24-14-22-13-20-8-7-18(28-20)11-16-5-6-17(27-16)12-19-9-10-21(29-19)15-25(24)30-22/h1-6,9-15,27,30-31H,7-8H2. The molecule has 5 heterocycles. The summed E-state index contributed by atoms with van der Waals surface area (Å²) in [4.78, 5) is 16.5. The van der Waals surface area contributed by atoms with Crippen LogP contribution in [0, 0.1) is 0 Å². The van der Waals surface area contributed by atoms with Gasteiger partial charge < -0.3 is 15.1 Å². The summed E-state index contributed by atoms with van der Waals surface area (Å²) in [6, 6.07) is 21.8. The number of fused-ring (bicyclic) bond motifs is 8. The molecule has 6 rings (SSSR count). The molecular weight excluding hydrogens is 384 g/mol. The third-order valence-electron chi connectivity index (χ3n) is 5.64. The number of nitrogens with one attached hydrogen (secondary N) is 2. The van der Waals surface area contributed by atoms with Gasteiger partial charge in [0, 0.05) is 44.6 Å². The first-order valence-electron chi connectivity index (χ1n) is 10.4. The number of phenolic OH excluding ortho intramolecular Hbond substituents is 1. The molecule has 5 heteroatoms. The largest absolute Gasteiger partial charge is 0.507 e. The van der Waals surface area contributed by atoms with Gasteiger partial charge in [0.15, 0.2) is 0 Å². The maximum atomic E-state index is 10.4. The second-order valence-corrected chi connectivity index (χ2v) is 7.90. The van der Waals surface area contributed by atoms with Crippen molar-refractivity contribution in [3.8, 4) is 16.9 Å². The molecule has 0 aliphatic carbocycles. The Balaban J connectivity index is 1.68. The second-order valence-electron chi connectivity index (χ2n) is 7.90. The zero-order valence-corrected chi connectivity index (χ0v) is 16.8. The fourth-order valence-corrected chi connectivity index (χ4v) is 4.19. The minimum Gasteiger partial charge on any atom is -0.507 e. The zero-order chi connectivity index (χ0) is 20.8. The summed E-state index contributed by atoms with van der Waals surface area (Å²) in [7, 11) is 0. The molecule has 0 radical (unpaired) electrons. The first-order valence-corrected chi connectivity index (χ1v) is 10.4. The van der Waals surface area contributed by atoms with E-state index in [1.165, 1.54) is 0 Å². The summed E-state index contributed by atoms with van der Waals surface area (Å²) in [5, 5.41) is 10.4. The van der Waals surface area contributed by atoms with Gasteiger partial charge in [-0.3, -0.25) is 4.98 Å². The Morgan fingerprint density at radius 2 is 1.35 bits per heavy atom. The maximum absolute atomic E-state index is 10.4. The molecule has 0 unspecified atom stereocenters. The van der Waals surface area contributed by atoms with Crippen LogP contribution in [-0.2, 0) is 12.8 Å². The van der Waals surface area contributed by atoms with Crippen molar-refractivity contribution < 1.29 is 5.11 Å². The normalized spacial score (nSPS) is 12.9. The highest BCUT2D eigenvalue weighted by Crippen LogP contribution is 2.33. The van der Waals surface area contributed by atoms with E-state index in [-0.39, 0.29) is 5.75 Å². The number of nitrogens with zero attached hydrogens (tertiary/aromatic N) is 2. The fourth-order valence-electron chi connectivity index (χ4n) is 4.19. The molecule has 2 aliphatic heterocycles. The lowest BCUT2D eigenvalue weighted by atomic mass is 10.1. The van der Waals surface area contributed by atoms with E-state index >= 15 is 0 Å². The van der Waals surface area contributed by atoms with Gasteiger partial charge in [-0.1, -0.05) is 18.2 Å². The molecule has 8 bridgehead atoms. The van der Waals surface area contributed by atoms with Crippen molar-refractivity contribution in [3.05, 3.63) is 89.5 Å². The van der Waals surface area contributed by atoms with E-state index in [9.17, 15) is 5.11 Å². The number of hydrogen-bond donors (Lipinski definition) is 3. The van der Waals surface area contributed by atoms with Gasteiger partial charge >= 0.3 is 0 Å². The lowest BCUT2D eigenvalue weighted by Crippen LogP contribution is -1.78. The summed E-state index contributed by atoms with van der Waals surface area (Å²) < 4.78 is 0. The average Bonchev–Trinajstić information content (AvgIpc) is 3.53. The van der Waals surface area contributed by atoms with Crippen LogP contribution in [0.2, 0.25) is 0 Å². The summed E-state index contributed by atoms with van der Waals surface area (Å²) in [5.74, 6) is 0.254. The molecule has 0 atom stereocenters. The monoisotopic (exact) mass is 404 g/mol. The van der Waals surface area contributed by atoms with Gasteiger partial charge in [-0.05, 0) is 73.5 Å². The maximum Gasteiger partial charge on any atom is 0.123 e. The van der Waals surface area contributed by atoms with Crippen LogP contribution in [-0.4, -0.2) is 25.0 Å². The third kappa shape index (κ3) is 3.40. The van der Waals surface area contributed by atoms with Crippen LogP contribution in [0.1, 0.15) is 22.8 Å². The summed E-state index contributed by atoms with van der Waals surface area (Å²) in [5.41, 5.74) is 9.49. The summed E-state index contributed by atoms with van der Waals surface area (Å²) in [6.07, 6.45) is 5.83. The van der Waals surface area contributed by atoms with Crippen LogP contribution in [0.5, 0.6) is 5.75 Å². The van der Waals surface area contributed by atoms with Crippen LogP contribution < -0.4 is 0 Å². The van der Waals surface area contributed by atoms with E-state index in [1.54, 1.807) is 6.07 Å². The van der Waals surface area contributed by atoms with Crippen molar-refractivity contribution >= 4 is 34.2 Å². The highest BCUT2D eigenvalue weighted by Gasteiger charge is 2.11. The van der Waals surface area contributed by atoms with Gasteiger partial charge in [0.2, 0.25) is 0 Å². The number of H-pyrrole nitrogens is 2. The fraction of sp³-hybridized carbons (Fsp3) is 0.0769. The van der Waals surface area contributed by atoms with Crippen molar-refractivity contribution in [2.45, 2.75) is 12.8 Å². The summed E-state index contributed by atoms with van der Waals surface area (Å²) >= 11 is 0. The number of phenols is 1. The highest BCUT2D eigenvalue weighted by atomic mass is 16.3. The Bertz CT molecular complexity index is 1510. The highest BCUT2D eigenvalue weighted by molar-refractivity contribution is 5.89. The van der Waals surface area contributed by atoms with E-state index in [4.69, 9.17) is 9.97 Å². The molecule has 0 spiro atoms. The SMILES string of the molecule is Oc1ccccc1-c1cc2cc3nc(cc4ccc(cc5nc(cc1[nH]2)C=C5)[nH]4)CC3. The third-order valence-corrected chi connectivity index (χ3v) is 5.64. The molecule has 4 aromatic rings. The first kappa shape index (κ1) is 17.7. The first-order chi connectivity index (χ1) is 15.2. The molecule has 3 N–H and O–H groups in total. The van der Waals surface area contributed by atoms with E-state index in [0.29, 0.717) is 0 Å². The van der Waals surface area contributed by atoms with Crippen LogP contribution >= 0.6 is 0 Å². The molecule has 0 saturated carbocycles. The Morgan fingerprint density at radius 3 is 2.16 bits per heavy atom. The lowest BCUT2D eigenvalue weighted by Gasteiger charge is -2.01. The molecule has 0 amide bonds. The molecule has 0 fully saturated rings. The second kappa shape index (κ2) is 6.99. The number of rotatable bonds is 1. The van der Waals surface area contributed by atoms with Crippen LogP contribution in [0.15, 0.2) is 66.7 Å². The quantitative estimate of drug-likeness (QED) is 0.338. The van der Waals surface area contributed by atoms with Gasteiger partial charge in [0.1, 0.15) is 5.75 Å². The van der Waals surface area contributed by atoms with E-state index in [2.05, 4.69) is 40.3 Å². The average molecular weight is 404 g/mol. The predicted molar refractivity (Wildman–Crippen MR) is 124 cm³/mol. The minimum absolute atomic E-state index is 0.254.